The van der Waals surface area contributed by atoms with Gasteiger partial charge in [0.15, 0.2) is 9.84 Å². The Morgan fingerprint density at radius 1 is 0.971 bits per heavy atom. The molecule has 4 rings (SSSR count). The van der Waals surface area contributed by atoms with E-state index in [-0.39, 0.29) is 41.7 Å². The van der Waals surface area contributed by atoms with E-state index in [1.807, 2.05) is 0 Å². The summed E-state index contributed by atoms with van der Waals surface area (Å²) in [5.74, 6) is 0.0462. The van der Waals surface area contributed by atoms with Gasteiger partial charge in [-0.25, -0.2) is 8.42 Å². The molecular weight excluding hydrogens is 464 g/mol. The summed E-state index contributed by atoms with van der Waals surface area (Å²) in [4.78, 5) is 25.3. The van der Waals surface area contributed by atoms with Gasteiger partial charge in [0, 0.05) is 16.8 Å². The van der Waals surface area contributed by atoms with Crippen LogP contribution in [0.5, 0.6) is 5.75 Å². The van der Waals surface area contributed by atoms with Gasteiger partial charge < -0.3 is 15.7 Å². The average molecular weight is 493 g/mol. The molecule has 0 aliphatic heterocycles. The molecule has 1 aliphatic carbocycles. The second-order valence-electron chi connectivity index (χ2n) is 8.93. The SMILES string of the molecule is C[C@H](NC(=O)c1ccc(NC(=O)Cc2ccc(S(=O)(=O)CC3CC3)cc2)cc1)c1ccccc1O. The van der Waals surface area contributed by atoms with E-state index in [1.165, 1.54) is 0 Å². The van der Waals surface area contributed by atoms with Crippen molar-refractivity contribution in [3.63, 3.8) is 0 Å². The van der Waals surface area contributed by atoms with Crippen molar-refractivity contribution in [3.05, 3.63) is 89.5 Å². The van der Waals surface area contributed by atoms with E-state index in [2.05, 4.69) is 10.6 Å². The smallest absolute Gasteiger partial charge is 0.251 e. The number of phenolic OH excluding ortho intramolecular Hbond substituents is 1. The van der Waals surface area contributed by atoms with Gasteiger partial charge in [-0.2, -0.15) is 0 Å². The van der Waals surface area contributed by atoms with E-state index in [4.69, 9.17) is 0 Å². The number of benzene rings is 3. The molecule has 35 heavy (non-hydrogen) atoms. The van der Waals surface area contributed by atoms with Crippen molar-refractivity contribution in [2.45, 2.75) is 37.1 Å². The number of hydrogen-bond donors (Lipinski definition) is 3. The van der Waals surface area contributed by atoms with Gasteiger partial charge >= 0.3 is 0 Å². The molecule has 0 spiro atoms. The fourth-order valence-corrected chi connectivity index (χ4v) is 5.51. The zero-order valence-electron chi connectivity index (χ0n) is 19.4. The highest BCUT2D eigenvalue weighted by molar-refractivity contribution is 7.91. The van der Waals surface area contributed by atoms with E-state index in [1.54, 1.807) is 79.7 Å². The van der Waals surface area contributed by atoms with Crippen LogP contribution in [-0.2, 0) is 21.1 Å². The first kappa shape index (κ1) is 24.5. The molecule has 0 aromatic heterocycles. The number of phenols is 1. The first-order chi connectivity index (χ1) is 16.7. The molecule has 1 saturated carbocycles. The largest absolute Gasteiger partial charge is 0.508 e. The maximum Gasteiger partial charge on any atom is 0.251 e. The van der Waals surface area contributed by atoms with Crippen molar-refractivity contribution >= 4 is 27.3 Å². The number of rotatable bonds is 9. The van der Waals surface area contributed by atoms with Crippen molar-refractivity contribution in [3.8, 4) is 5.75 Å². The van der Waals surface area contributed by atoms with Crippen LogP contribution < -0.4 is 10.6 Å². The van der Waals surface area contributed by atoms with Crippen LogP contribution in [0.2, 0.25) is 0 Å². The minimum absolute atomic E-state index is 0.100. The van der Waals surface area contributed by atoms with Gasteiger partial charge in [0.25, 0.3) is 5.91 Å². The summed E-state index contributed by atoms with van der Waals surface area (Å²) in [7, 11) is -3.27. The Bertz CT molecular complexity index is 1310. The van der Waals surface area contributed by atoms with E-state index < -0.39 is 9.84 Å². The van der Waals surface area contributed by atoms with Crippen LogP contribution in [0.1, 0.15) is 47.3 Å². The van der Waals surface area contributed by atoms with Crippen LogP contribution >= 0.6 is 0 Å². The summed E-state index contributed by atoms with van der Waals surface area (Å²) in [5.41, 5.74) is 2.30. The fraction of sp³-hybridized carbons (Fsp3) is 0.259. The average Bonchev–Trinajstić information content (AvgIpc) is 3.63. The van der Waals surface area contributed by atoms with E-state index >= 15 is 0 Å². The van der Waals surface area contributed by atoms with Crippen molar-refractivity contribution < 1.29 is 23.1 Å². The summed E-state index contributed by atoms with van der Waals surface area (Å²) in [6.45, 7) is 1.79. The van der Waals surface area contributed by atoms with Gasteiger partial charge in [-0.1, -0.05) is 30.3 Å². The lowest BCUT2D eigenvalue weighted by atomic mass is 10.1. The van der Waals surface area contributed by atoms with Gasteiger partial charge in [-0.3, -0.25) is 9.59 Å². The van der Waals surface area contributed by atoms with Gasteiger partial charge in [0.05, 0.1) is 23.1 Å². The molecule has 3 aromatic rings. The zero-order chi connectivity index (χ0) is 25.0. The maximum atomic E-state index is 12.6. The lowest BCUT2D eigenvalue weighted by molar-refractivity contribution is -0.115. The predicted octanol–water partition coefficient (Wildman–Crippen LogP) is 4.25. The predicted molar refractivity (Wildman–Crippen MR) is 134 cm³/mol. The molecule has 182 valence electrons. The fourth-order valence-electron chi connectivity index (χ4n) is 3.81. The van der Waals surface area contributed by atoms with Gasteiger partial charge in [-0.15, -0.1) is 0 Å². The molecular formula is C27H28N2O5S. The van der Waals surface area contributed by atoms with Crippen molar-refractivity contribution in [1.29, 1.82) is 0 Å². The molecule has 0 unspecified atom stereocenters. The number of carbonyl (C=O) groups excluding carboxylic acids is 2. The molecule has 3 N–H and O–H groups in total. The standard InChI is InChI=1S/C27H28N2O5S/c1-18(24-4-2-3-5-25(24)30)28-27(32)21-10-12-22(13-11-21)29-26(31)16-19-8-14-23(15-9-19)35(33,34)17-20-6-7-20/h2-5,8-15,18,20,30H,6-7,16-17H2,1H3,(H,28,32)(H,29,31)/t18-/m0/s1. The number of para-hydroxylation sites is 1. The second-order valence-corrected chi connectivity index (χ2v) is 11.0. The van der Waals surface area contributed by atoms with Crippen molar-refractivity contribution in [2.24, 2.45) is 5.92 Å². The zero-order valence-corrected chi connectivity index (χ0v) is 20.2. The van der Waals surface area contributed by atoms with Crippen LogP contribution in [0, 0.1) is 5.92 Å². The van der Waals surface area contributed by atoms with E-state index in [0.717, 1.165) is 12.8 Å². The molecule has 0 radical (unpaired) electrons. The first-order valence-corrected chi connectivity index (χ1v) is 13.2. The van der Waals surface area contributed by atoms with E-state index in [0.29, 0.717) is 27.3 Å². The lowest BCUT2D eigenvalue weighted by Crippen LogP contribution is -2.26. The van der Waals surface area contributed by atoms with Crippen LogP contribution in [0.15, 0.2) is 77.7 Å². The number of amides is 2. The van der Waals surface area contributed by atoms with Gasteiger partial charge in [-0.05, 0) is 73.7 Å². The topological polar surface area (TPSA) is 113 Å². The Morgan fingerprint density at radius 2 is 1.63 bits per heavy atom. The third kappa shape index (κ3) is 6.48. The molecule has 2 amide bonds. The minimum atomic E-state index is -3.27. The van der Waals surface area contributed by atoms with Crippen LogP contribution in [0.25, 0.3) is 0 Å². The first-order valence-electron chi connectivity index (χ1n) is 11.5. The summed E-state index contributed by atoms with van der Waals surface area (Å²) >= 11 is 0. The molecule has 3 aromatic carbocycles. The number of carbonyl (C=O) groups is 2. The summed E-state index contributed by atoms with van der Waals surface area (Å²) < 4.78 is 24.7. The van der Waals surface area contributed by atoms with Crippen LogP contribution in [0.3, 0.4) is 0 Å². The number of aromatic hydroxyl groups is 1. The quantitative estimate of drug-likeness (QED) is 0.413. The van der Waals surface area contributed by atoms with Crippen molar-refractivity contribution in [1.82, 2.24) is 5.32 Å². The highest BCUT2D eigenvalue weighted by Gasteiger charge is 2.29. The highest BCUT2D eigenvalue weighted by Crippen LogP contribution is 2.32. The molecule has 1 fully saturated rings. The number of sulfone groups is 1. The Labute approximate surface area is 205 Å². The van der Waals surface area contributed by atoms with Crippen LogP contribution in [0.4, 0.5) is 5.69 Å². The normalized spacial score (nSPS) is 14.2. The molecule has 0 bridgehead atoms. The number of hydrogen-bond acceptors (Lipinski definition) is 5. The number of anilines is 1. The Kier molecular flexibility index (Phi) is 7.21. The Morgan fingerprint density at radius 3 is 2.26 bits per heavy atom. The number of nitrogens with one attached hydrogen (secondary N) is 2. The Balaban J connectivity index is 1.30. The van der Waals surface area contributed by atoms with Crippen LogP contribution in [-0.4, -0.2) is 31.1 Å². The lowest BCUT2D eigenvalue weighted by Gasteiger charge is -2.15. The minimum Gasteiger partial charge on any atom is -0.508 e. The molecule has 0 heterocycles. The molecule has 0 saturated heterocycles. The monoisotopic (exact) mass is 492 g/mol. The third-order valence-electron chi connectivity index (χ3n) is 5.98. The van der Waals surface area contributed by atoms with E-state index in [9.17, 15) is 23.1 Å². The highest BCUT2D eigenvalue weighted by atomic mass is 32.2. The maximum absolute atomic E-state index is 12.6. The molecule has 1 aliphatic rings. The summed E-state index contributed by atoms with van der Waals surface area (Å²) in [5, 5.41) is 15.6. The summed E-state index contributed by atoms with van der Waals surface area (Å²) in [6, 6.07) is 19.4. The molecule has 1 atom stereocenters. The van der Waals surface area contributed by atoms with Gasteiger partial charge in [0.1, 0.15) is 5.75 Å². The van der Waals surface area contributed by atoms with Gasteiger partial charge in [0.2, 0.25) is 5.91 Å². The molecule has 8 heteroatoms. The Hall–Kier alpha value is -3.65. The molecule has 7 nitrogen and oxygen atoms in total. The summed E-state index contributed by atoms with van der Waals surface area (Å²) in [6.07, 6.45) is 2.05. The second kappa shape index (κ2) is 10.3. The van der Waals surface area contributed by atoms with Crippen molar-refractivity contribution in [2.75, 3.05) is 11.1 Å². The third-order valence-corrected chi connectivity index (χ3v) is 7.88.